The summed E-state index contributed by atoms with van der Waals surface area (Å²) in [6.07, 6.45) is 0. The highest BCUT2D eigenvalue weighted by Gasteiger charge is 2.16. The maximum Gasteiger partial charge on any atom is 0.169 e. The highest BCUT2D eigenvalue weighted by atomic mass is 16.5. The molecule has 5 heteroatoms. The van der Waals surface area contributed by atoms with Gasteiger partial charge in [0.1, 0.15) is 11.4 Å². The van der Waals surface area contributed by atoms with Crippen LogP contribution in [0.25, 0.3) is 11.3 Å². The Morgan fingerprint density at radius 1 is 1.05 bits per heavy atom. The van der Waals surface area contributed by atoms with E-state index in [1.165, 1.54) is 0 Å². The molecular formula is C17H18N4O. The molecule has 1 aromatic heterocycles. The zero-order chi connectivity index (χ0) is 15.5. The Hall–Kier alpha value is -2.95. The fourth-order valence-corrected chi connectivity index (χ4v) is 2.44. The lowest BCUT2D eigenvalue weighted by molar-refractivity contribution is 0.415. The quantitative estimate of drug-likeness (QED) is 0.775. The molecule has 0 spiro atoms. The van der Waals surface area contributed by atoms with Gasteiger partial charge in [0.25, 0.3) is 0 Å². The number of benzene rings is 2. The molecule has 0 bridgehead atoms. The van der Waals surface area contributed by atoms with E-state index >= 15 is 0 Å². The van der Waals surface area contributed by atoms with E-state index in [4.69, 9.17) is 16.2 Å². The van der Waals surface area contributed by atoms with Gasteiger partial charge in [0.15, 0.2) is 5.82 Å². The number of nitrogens with two attached hydrogens (primary N) is 2. The van der Waals surface area contributed by atoms with Gasteiger partial charge in [0.05, 0.1) is 19.3 Å². The third kappa shape index (κ3) is 2.61. The predicted octanol–water partition coefficient (Wildman–Crippen LogP) is 2.77. The van der Waals surface area contributed by atoms with Gasteiger partial charge in [-0.3, -0.25) is 4.68 Å². The van der Waals surface area contributed by atoms with E-state index in [0.717, 1.165) is 22.6 Å². The standard InChI is InChI=1S/C17H18N4O/c1-22-14-9-5-8-13(10-14)16-15(18)17(19)20-21(16)11-12-6-3-2-4-7-12/h2-10H,11,18H2,1H3,(H2,19,20). The zero-order valence-electron chi connectivity index (χ0n) is 12.4. The van der Waals surface area contributed by atoms with E-state index in [0.29, 0.717) is 18.1 Å². The SMILES string of the molecule is COc1cccc(-c2c(N)c(N)nn2Cc2ccccc2)c1. The Labute approximate surface area is 129 Å². The second-order valence-corrected chi connectivity index (χ2v) is 5.02. The first kappa shape index (κ1) is 14.0. The van der Waals surface area contributed by atoms with Crippen LogP contribution in [0.3, 0.4) is 0 Å². The Morgan fingerprint density at radius 3 is 2.55 bits per heavy atom. The van der Waals surface area contributed by atoms with E-state index in [-0.39, 0.29) is 0 Å². The van der Waals surface area contributed by atoms with Crippen molar-refractivity contribution in [2.75, 3.05) is 18.6 Å². The number of rotatable bonds is 4. The van der Waals surface area contributed by atoms with E-state index in [1.807, 2.05) is 59.3 Å². The molecule has 22 heavy (non-hydrogen) atoms. The van der Waals surface area contributed by atoms with Crippen LogP contribution in [0.1, 0.15) is 5.56 Å². The van der Waals surface area contributed by atoms with Crippen molar-refractivity contribution in [2.24, 2.45) is 0 Å². The van der Waals surface area contributed by atoms with Crippen molar-refractivity contribution >= 4 is 11.5 Å². The summed E-state index contributed by atoms with van der Waals surface area (Å²) in [5.41, 5.74) is 15.4. The number of anilines is 2. The average Bonchev–Trinajstić information content (AvgIpc) is 2.82. The number of ether oxygens (including phenoxy) is 1. The molecule has 1 heterocycles. The maximum absolute atomic E-state index is 6.13. The summed E-state index contributed by atoms with van der Waals surface area (Å²) in [5.74, 6) is 1.11. The number of nitrogen functional groups attached to an aromatic ring is 2. The van der Waals surface area contributed by atoms with Crippen molar-refractivity contribution in [1.29, 1.82) is 0 Å². The molecule has 5 nitrogen and oxygen atoms in total. The van der Waals surface area contributed by atoms with E-state index in [2.05, 4.69) is 5.10 Å². The van der Waals surface area contributed by atoms with Crippen LogP contribution < -0.4 is 16.2 Å². The monoisotopic (exact) mass is 294 g/mol. The van der Waals surface area contributed by atoms with E-state index in [1.54, 1.807) is 7.11 Å². The summed E-state index contributed by atoms with van der Waals surface area (Å²) in [5, 5.41) is 4.37. The number of aromatic nitrogens is 2. The highest BCUT2D eigenvalue weighted by molar-refractivity contribution is 5.81. The molecule has 0 aliphatic rings. The molecule has 0 fully saturated rings. The molecule has 4 N–H and O–H groups in total. The van der Waals surface area contributed by atoms with Gasteiger partial charge in [0.2, 0.25) is 0 Å². The number of nitrogens with zero attached hydrogens (tertiary/aromatic N) is 2. The topological polar surface area (TPSA) is 79.1 Å². The highest BCUT2D eigenvalue weighted by Crippen LogP contribution is 2.32. The number of methoxy groups -OCH3 is 1. The molecule has 0 aliphatic carbocycles. The minimum Gasteiger partial charge on any atom is -0.497 e. The van der Waals surface area contributed by atoms with Gasteiger partial charge < -0.3 is 16.2 Å². The molecule has 0 aliphatic heterocycles. The molecule has 3 aromatic rings. The molecular weight excluding hydrogens is 276 g/mol. The van der Waals surface area contributed by atoms with Gasteiger partial charge >= 0.3 is 0 Å². The van der Waals surface area contributed by atoms with Crippen molar-refractivity contribution in [3.8, 4) is 17.0 Å². The fourth-order valence-electron chi connectivity index (χ4n) is 2.44. The lowest BCUT2D eigenvalue weighted by atomic mass is 10.1. The van der Waals surface area contributed by atoms with Crippen LogP contribution in [0.5, 0.6) is 5.75 Å². The minimum absolute atomic E-state index is 0.341. The first-order valence-electron chi connectivity index (χ1n) is 6.99. The van der Waals surface area contributed by atoms with Gasteiger partial charge in [-0.2, -0.15) is 5.10 Å². The van der Waals surface area contributed by atoms with Gasteiger partial charge in [-0.1, -0.05) is 42.5 Å². The summed E-state index contributed by atoms with van der Waals surface area (Å²) >= 11 is 0. The van der Waals surface area contributed by atoms with Gasteiger partial charge in [0, 0.05) is 5.56 Å². The fraction of sp³-hybridized carbons (Fsp3) is 0.118. The summed E-state index contributed by atoms with van der Waals surface area (Å²) in [6.45, 7) is 0.606. The molecule has 0 saturated heterocycles. The smallest absolute Gasteiger partial charge is 0.169 e. The van der Waals surface area contributed by atoms with Crippen LogP contribution in [-0.2, 0) is 6.54 Å². The van der Waals surface area contributed by atoms with Crippen molar-refractivity contribution in [3.63, 3.8) is 0 Å². The molecule has 2 aromatic carbocycles. The lowest BCUT2D eigenvalue weighted by Crippen LogP contribution is -2.04. The first-order chi connectivity index (χ1) is 10.7. The van der Waals surface area contributed by atoms with Crippen molar-refractivity contribution in [2.45, 2.75) is 6.54 Å². The first-order valence-corrected chi connectivity index (χ1v) is 6.99. The van der Waals surface area contributed by atoms with Crippen molar-refractivity contribution < 1.29 is 4.74 Å². The van der Waals surface area contributed by atoms with E-state index < -0.39 is 0 Å². The van der Waals surface area contributed by atoms with Crippen LogP contribution in [0.4, 0.5) is 11.5 Å². The average molecular weight is 294 g/mol. The Bertz CT molecular complexity index is 781. The molecule has 0 radical (unpaired) electrons. The Kier molecular flexibility index (Phi) is 3.70. The van der Waals surface area contributed by atoms with Crippen LogP contribution in [0, 0.1) is 0 Å². The van der Waals surface area contributed by atoms with Crippen LogP contribution in [-0.4, -0.2) is 16.9 Å². The van der Waals surface area contributed by atoms with Crippen LogP contribution in [0.2, 0.25) is 0 Å². The molecule has 3 rings (SSSR count). The Balaban J connectivity index is 2.06. The second kappa shape index (κ2) is 5.81. The van der Waals surface area contributed by atoms with Crippen molar-refractivity contribution in [3.05, 3.63) is 60.2 Å². The van der Waals surface area contributed by atoms with Crippen LogP contribution in [0.15, 0.2) is 54.6 Å². The molecule has 0 saturated carbocycles. The minimum atomic E-state index is 0.341. The van der Waals surface area contributed by atoms with Gasteiger partial charge in [-0.05, 0) is 17.7 Å². The van der Waals surface area contributed by atoms with Gasteiger partial charge in [-0.15, -0.1) is 0 Å². The molecule has 0 atom stereocenters. The van der Waals surface area contributed by atoms with Gasteiger partial charge in [-0.25, -0.2) is 0 Å². The number of hydrogen-bond acceptors (Lipinski definition) is 4. The van der Waals surface area contributed by atoms with E-state index in [9.17, 15) is 0 Å². The summed E-state index contributed by atoms with van der Waals surface area (Å²) in [4.78, 5) is 0. The summed E-state index contributed by atoms with van der Waals surface area (Å²) < 4.78 is 7.11. The third-order valence-corrected chi connectivity index (χ3v) is 3.54. The zero-order valence-corrected chi connectivity index (χ0v) is 12.4. The molecule has 0 amide bonds. The Morgan fingerprint density at radius 2 is 1.82 bits per heavy atom. The second-order valence-electron chi connectivity index (χ2n) is 5.02. The lowest BCUT2D eigenvalue weighted by Gasteiger charge is -2.09. The van der Waals surface area contributed by atoms with Crippen molar-refractivity contribution in [1.82, 2.24) is 9.78 Å². The summed E-state index contributed by atoms with van der Waals surface area (Å²) in [6, 6.07) is 17.8. The largest absolute Gasteiger partial charge is 0.497 e. The molecule has 112 valence electrons. The van der Waals surface area contributed by atoms with Crippen LogP contribution >= 0.6 is 0 Å². The normalized spacial score (nSPS) is 10.6. The maximum atomic E-state index is 6.13. The summed E-state index contributed by atoms with van der Waals surface area (Å²) in [7, 11) is 1.64. The molecule has 0 unspecified atom stereocenters. The predicted molar refractivity (Wildman–Crippen MR) is 88.6 cm³/mol. The third-order valence-electron chi connectivity index (χ3n) is 3.54. The number of hydrogen-bond donors (Lipinski definition) is 2.